The summed E-state index contributed by atoms with van der Waals surface area (Å²) in [7, 11) is 2.19. The molecule has 3 N–H and O–H groups in total. The molecule has 1 unspecified atom stereocenters. The van der Waals surface area contributed by atoms with Crippen LogP contribution in [0, 0.1) is 11.8 Å². The summed E-state index contributed by atoms with van der Waals surface area (Å²) in [5.74, 6) is 6.73. The maximum Gasteiger partial charge on any atom is 0.220 e. The largest absolute Gasteiger partial charge is 0.378 e. The summed E-state index contributed by atoms with van der Waals surface area (Å²) >= 11 is 6.55. The number of hydrogen-bond acceptors (Lipinski definition) is 5. The molecule has 0 radical (unpaired) electrons. The summed E-state index contributed by atoms with van der Waals surface area (Å²) < 4.78 is 0. The van der Waals surface area contributed by atoms with Gasteiger partial charge < -0.3 is 15.7 Å². The fraction of sp³-hybridized carbons (Fsp3) is 0.520. The summed E-state index contributed by atoms with van der Waals surface area (Å²) in [5, 5.41) is 11.2. The zero-order valence-corrected chi connectivity index (χ0v) is 18.8. The van der Waals surface area contributed by atoms with Crippen LogP contribution >= 0.6 is 11.6 Å². The van der Waals surface area contributed by atoms with E-state index in [-0.39, 0.29) is 17.3 Å². The van der Waals surface area contributed by atoms with Gasteiger partial charge in [-0.3, -0.25) is 0 Å². The monoisotopic (exact) mass is 436 g/mol. The van der Waals surface area contributed by atoms with E-state index in [0.29, 0.717) is 5.02 Å². The minimum Gasteiger partial charge on any atom is -0.378 e. The predicted molar refractivity (Wildman–Crippen MR) is 123 cm³/mol. The molecule has 1 spiro atoms. The van der Waals surface area contributed by atoms with Gasteiger partial charge in [-0.25, -0.2) is 9.97 Å². The third-order valence-electron chi connectivity index (χ3n) is 7.53. The molecule has 162 valence electrons. The lowest BCUT2D eigenvalue weighted by molar-refractivity contribution is 0.110. The molecule has 1 aromatic carbocycles. The molecule has 6 heteroatoms. The zero-order valence-electron chi connectivity index (χ0n) is 18.0. The highest BCUT2D eigenvalue weighted by Crippen LogP contribution is 2.54. The molecule has 0 bridgehead atoms. The average molecular weight is 437 g/mol. The number of aromatic nitrogens is 2. The first-order valence-corrected chi connectivity index (χ1v) is 11.6. The van der Waals surface area contributed by atoms with Crippen molar-refractivity contribution in [3.05, 3.63) is 51.8 Å². The number of nitrogens with zero attached hydrogens (tertiary/aromatic N) is 3. The quantitative estimate of drug-likeness (QED) is 0.664. The Morgan fingerprint density at radius 2 is 1.94 bits per heavy atom. The van der Waals surface area contributed by atoms with E-state index in [9.17, 15) is 5.11 Å². The second-order valence-corrected chi connectivity index (χ2v) is 10.00. The molecule has 5 rings (SSSR count). The van der Waals surface area contributed by atoms with Crippen LogP contribution in [0.2, 0.25) is 5.02 Å². The summed E-state index contributed by atoms with van der Waals surface area (Å²) in [4.78, 5) is 11.0. The van der Waals surface area contributed by atoms with Gasteiger partial charge in [0.05, 0.1) is 16.9 Å². The van der Waals surface area contributed by atoms with Gasteiger partial charge in [0.25, 0.3) is 0 Å². The number of nitrogens with two attached hydrogens (primary N) is 1. The molecule has 1 saturated carbocycles. The Kier molecular flexibility index (Phi) is 5.21. The van der Waals surface area contributed by atoms with Crippen molar-refractivity contribution in [2.75, 3.05) is 25.9 Å². The van der Waals surface area contributed by atoms with Crippen molar-refractivity contribution >= 4 is 17.5 Å². The zero-order chi connectivity index (χ0) is 21.6. The first kappa shape index (κ1) is 20.8. The van der Waals surface area contributed by atoms with E-state index >= 15 is 0 Å². The van der Waals surface area contributed by atoms with E-state index in [1.54, 1.807) is 6.20 Å². The average Bonchev–Trinajstić information content (AvgIpc) is 3.33. The summed E-state index contributed by atoms with van der Waals surface area (Å²) in [6.07, 6.45) is 8.45. The Bertz CT molecular complexity index is 1060. The van der Waals surface area contributed by atoms with Crippen LogP contribution in [0.4, 0.5) is 5.95 Å². The minimum absolute atomic E-state index is 0.0764. The summed E-state index contributed by atoms with van der Waals surface area (Å²) in [5.41, 5.74) is 9.61. The number of likely N-dealkylation sites (tertiary alicyclic amines) is 1. The summed E-state index contributed by atoms with van der Waals surface area (Å²) in [6, 6.07) is 6.55. The van der Waals surface area contributed by atoms with Gasteiger partial charge in [0.1, 0.15) is 5.60 Å². The standard InChI is InChI=1S/C25H29ClN4O/c1-30-12-10-24(11-13-30)15-19(22-21(26)16-28-23(27)29-22)18-14-17(4-5-20(18)24)6-9-25(31)7-2-3-8-25/h4-5,14,16,19,31H,2-3,7-8,10-13,15H2,1H3,(H2,27,28,29). The molecule has 3 aliphatic rings. The maximum absolute atomic E-state index is 10.6. The number of halogens is 1. The van der Waals surface area contributed by atoms with Crippen LogP contribution < -0.4 is 5.73 Å². The normalized spacial score (nSPS) is 24.0. The number of aliphatic hydroxyl groups is 1. The second-order valence-electron chi connectivity index (χ2n) is 9.59. The molecule has 1 saturated heterocycles. The molecular formula is C25H29ClN4O. The van der Waals surface area contributed by atoms with E-state index in [4.69, 9.17) is 17.3 Å². The van der Waals surface area contributed by atoms with E-state index in [1.165, 1.54) is 11.1 Å². The fourth-order valence-electron chi connectivity index (χ4n) is 5.70. The van der Waals surface area contributed by atoms with Gasteiger partial charge >= 0.3 is 0 Å². The topological polar surface area (TPSA) is 75.3 Å². The molecule has 1 aromatic heterocycles. The predicted octanol–water partition coefficient (Wildman–Crippen LogP) is 3.87. The van der Waals surface area contributed by atoms with Crippen LogP contribution in [0.25, 0.3) is 0 Å². The van der Waals surface area contributed by atoms with Crippen molar-refractivity contribution in [3.8, 4) is 11.8 Å². The first-order valence-electron chi connectivity index (χ1n) is 11.2. The van der Waals surface area contributed by atoms with E-state index in [1.807, 2.05) is 0 Å². The Balaban J connectivity index is 1.58. The van der Waals surface area contributed by atoms with Crippen molar-refractivity contribution in [1.29, 1.82) is 0 Å². The highest BCUT2D eigenvalue weighted by Gasteiger charge is 2.46. The Morgan fingerprint density at radius 1 is 1.19 bits per heavy atom. The van der Waals surface area contributed by atoms with E-state index < -0.39 is 5.60 Å². The SMILES string of the molecule is CN1CCC2(CC1)CC(c1nc(N)ncc1Cl)c1cc(C#CC3(O)CCCC3)ccc12. The second kappa shape index (κ2) is 7.78. The third kappa shape index (κ3) is 3.82. The molecule has 1 atom stereocenters. The first-order chi connectivity index (χ1) is 14.9. The molecule has 5 nitrogen and oxygen atoms in total. The highest BCUT2D eigenvalue weighted by atomic mass is 35.5. The fourth-order valence-corrected chi connectivity index (χ4v) is 5.92. The van der Waals surface area contributed by atoms with E-state index in [0.717, 1.165) is 69.3 Å². The molecule has 31 heavy (non-hydrogen) atoms. The van der Waals surface area contributed by atoms with Gasteiger partial charge in [0.15, 0.2) is 0 Å². The van der Waals surface area contributed by atoms with Gasteiger partial charge in [-0.2, -0.15) is 0 Å². The van der Waals surface area contributed by atoms with Crippen molar-refractivity contribution in [1.82, 2.24) is 14.9 Å². The van der Waals surface area contributed by atoms with Crippen molar-refractivity contribution in [2.24, 2.45) is 0 Å². The smallest absolute Gasteiger partial charge is 0.220 e. The molecule has 2 fully saturated rings. The Labute approximate surface area is 189 Å². The van der Waals surface area contributed by atoms with Crippen LogP contribution in [0.1, 0.15) is 73.2 Å². The van der Waals surface area contributed by atoms with Crippen molar-refractivity contribution < 1.29 is 5.11 Å². The minimum atomic E-state index is -0.835. The van der Waals surface area contributed by atoms with E-state index in [2.05, 4.69) is 52.0 Å². The van der Waals surface area contributed by atoms with Crippen LogP contribution in [-0.2, 0) is 5.41 Å². The van der Waals surface area contributed by atoms with Crippen LogP contribution in [-0.4, -0.2) is 45.7 Å². The number of rotatable bonds is 1. The number of nitrogen functional groups attached to an aromatic ring is 1. The molecule has 2 aromatic rings. The van der Waals surface area contributed by atoms with Gasteiger partial charge in [-0.05, 0) is 93.8 Å². The van der Waals surface area contributed by atoms with Gasteiger partial charge in [-0.15, -0.1) is 0 Å². The van der Waals surface area contributed by atoms with Crippen LogP contribution in [0.3, 0.4) is 0 Å². The number of benzene rings is 1. The summed E-state index contributed by atoms with van der Waals surface area (Å²) in [6.45, 7) is 2.17. The lowest BCUT2D eigenvalue weighted by atomic mass is 9.73. The maximum atomic E-state index is 10.6. The van der Waals surface area contributed by atoms with Crippen molar-refractivity contribution in [3.63, 3.8) is 0 Å². The highest BCUT2D eigenvalue weighted by molar-refractivity contribution is 6.31. The third-order valence-corrected chi connectivity index (χ3v) is 7.82. The molecule has 2 heterocycles. The number of hydrogen-bond donors (Lipinski definition) is 2. The molecular weight excluding hydrogens is 408 g/mol. The number of piperidine rings is 1. The molecule has 0 amide bonds. The van der Waals surface area contributed by atoms with Crippen LogP contribution in [0.5, 0.6) is 0 Å². The van der Waals surface area contributed by atoms with Gasteiger partial charge in [0, 0.05) is 11.5 Å². The molecule has 2 aliphatic carbocycles. The van der Waals surface area contributed by atoms with Gasteiger partial charge in [0.2, 0.25) is 5.95 Å². The lowest BCUT2D eigenvalue weighted by Gasteiger charge is -2.39. The Morgan fingerprint density at radius 3 is 2.68 bits per heavy atom. The molecule has 1 aliphatic heterocycles. The lowest BCUT2D eigenvalue weighted by Crippen LogP contribution is -2.39. The number of fused-ring (bicyclic) bond motifs is 2. The number of anilines is 1. The van der Waals surface area contributed by atoms with Crippen molar-refractivity contribution in [2.45, 2.75) is 61.9 Å². The van der Waals surface area contributed by atoms with Gasteiger partial charge in [-0.1, -0.05) is 29.5 Å². The van der Waals surface area contributed by atoms with Crippen LogP contribution in [0.15, 0.2) is 24.4 Å². The Hall–Kier alpha value is -2.13.